The molecule has 0 aromatic carbocycles. The van der Waals surface area contributed by atoms with Crippen LogP contribution >= 0.6 is 0 Å². The minimum Gasteiger partial charge on any atom is -0.464 e. The van der Waals surface area contributed by atoms with Crippen molar-refractivity contribution >= 4 is 11.9 Å². The van der Waals surface area contributed by atoms with Gasteiger partial charge in [0.25, 0.3) is 0 Å². The molecule has 2 N–H and O–H groups in total. The van der Waals surface area contributed by atoms with Gasteiger partial charge in [0.2, 0.25) is 11.9 Å². The molecule has 0 spiro atoms. The molecule has 0 saturated carbocycles. The first-order chi connectivity index (χ1) is 9.71. The molecular formula is C13H18N6O. The second kappa shape index (κ2) is 6.65. The third-order valence-corrected chi connectivity index (χ3v) is 2.54. The lowest BCUT2D eigenvalue weighted by Gasteiger charge is -2.08. The SMILES string of the molecule is CCOc1nc(NC)nc(NCc2ccc(C)nc2)n1. The van der Waals surface area contributed by atoms with Gasteiger partial charge >= 0.3 is 6.01 Å². The molecule has 2 aromatic rings. The van der Waals surface area contributed by atoms with Crippen LogP contribution in [0.25, 0.3) is 0 Å². The number of nitrogens with zero attached hydrogens (tertiary/aromatic N) is 4. The van der Waals surface area contributed by atoms with Crippen LogP contribution in [-0.2, 0) is 6.54 Å². The lowest BCUT2D eigenvalue weighted by atomic mass is 10.2. The molecule has 0 aliphatic carbocycles. The Balaban J connectivity index is 2.07. The van der Waals surface area contributed by atoms with Crippen molar-refractivity contribution in [3.63, 3.8) is 0 Å². The molecule has 106 valence electrons. The van der Waals surface area contributed by atoms with Gasteiger partial charge in [0.15, 0.2) is 0 Å². The molecule has 0 saturated heterocycles. The molecule has 0 bridgehead atoms. The van der Waals surface area contributed by atoms with E-state index in [4.69, 9.17) is 4.74 Å². The topological polar surface area (TPSA) is 84.9 Å². The first-order valence-electron chi connectivity index (χ1n) is 6.43. The summed E-state index contributed by atoms with van der Waals surface area (Å²) in [7, 11) is 1.75. The molecule has 7 heteroatoms. The Kier molecular flexibility index (Phi) is 4.65. The van der Waals surface area contributed by atoms with E-state index in [1.54, 1.807) is 7.05 Å². The van der Waals surface area contributed by atoms with Gasteiger partial charge in [-0.1, -0.05) is 6.07 Å². The predicted octanol–water partition coefficient (Wildman–Crippen LogP) is 1.63. The minimum absolute atomic E-state index is 0.302. The summed E-state index contributed by atoms with van der Waals surface area (Å²) >= 11 is 0. The van der Waals surface area contributed by atoms with Crippen LogP contribution in [-0.4, -0.2) is 33.6 Å². The average molecular weight is 274 g/mol. The first kappa shape index (κ1) is 14.0. The van der Waals surface area contributed by atoms with E-state index in [1.807, 2.05) is 32.2 Å². The predicted molar refractivity (Wildman–Crippen MR) is 76.8 cm³/mol. The maximum Gasteiger partial charge on any atom is 0.323 e. The van der Waals surface area contributed by atoms with Crippen molar-refractivity contribution in [2.24, 2.45) is 0 Å². The Morgan fingerprint density at radius 1 is 1.15 bits per heavy atom. The molecule has 2 aromatic heterocycles. The molecule has 7 nitrogen and oxygen atoms in total. The van der Waals surface area contributed by atoms with Crippen LogP contribution in [0.1, 0.15) is 18.2 Å². The molecule has 0 unspecified atom stereocenters. The van der Waals surface area contributed by atoms with Gasteiger partial charge in [0, 0.05) is 25.5 Å². The fraction of sp³-hybridized carbons (Fsp3) is 0.385. The van der Waals surface area contributed by atoms with Gasteiger partial charge in [-0.15, -0.1) is 0 Å². The van der Waals surface area contributed by atoms with Gasteiger partial charge in [-0.05, 0) is 25.5 Å². The van der Waals surface area contributed by atoms with Crippen molar-refractivity contribution in [1.82, 2.24) is 19.9 Å². The molecule has 0 radical (unpaired) electrons. The summed E-state index contributed by atoms with van der Waals surface area (Å²) in [6, 6.07) is 4.28. The van der Waals surface area contributed by atoms with E-state index in [1.165, 1.54) is 0 Å². The van der Waals surface area contributed by atoms with Gasteiger partial charge in [0.1, 0.15) is 0 Å². The van der Waals surface area contributed by atoms with Crippen molar-refractivity contribution in [3.8, 4) is 6.01 Å². The second-order valence-corrected chi connectivity index (χ2v) is 4.11. The number of aromatic nitrogens is 4. The molecule has 20 heavy (non-hydrogen) atoms. The van der Waals surface area contributed by atoms with Gasteiger partial charge in [-0.25, -0.2) is 0 Å². The zero-order valence-corrected chi connectivity index (χ0v) is 11.8. The zero-order chi connectivity index (χ0) is 14.4. The third-order valence-electron chi connectivity index (χ3n) is 2.54. The Bertz CT molecular complexity index is 557. The molecule has 2 rings (SSSR count). The third kappa shape index (κ3) is 3.78. The summed E-state index contributed by atoms with van der Waals surface area (Å²) in [5, 5.41) is 6.01. The maximum atomic E-state index is 5.30. The Labute approximate surface area is 117 Å². The van der Waals surface area contributed by atoms with E-state index in [-0.39, 0.29) is 0 Å². The molecule has 0 atom stereocenters. The van der Waals surface area contributed by atoms with E-state index < -0.39 is 0 Å². The van der Waals surface area contributed by atoms with Gasteiger partial charge in [-0.2, -0.15) is 15.0 Å². The summed E-state index contributed by atoms with van der Waals surface area (Å²) < 4.78 is 5.30. The van der Waals surface area contributed by atoms with E-state index in [0.29, 0.717) is 31.1 Å². The van der Waals surface area contributed by atoms with Crippen LogP contribution < -0.4 is 15.4 Å². The fourth-order valence-corrected chi connectivity index (χ4v) is 1.53. The number of hydrogen-bond donors (Lipinski definition) is 2. The lowest BCUT2D eigenvalue weighted by Crippen LogP contribution is -2.09. The number of rotatable bonds is 6. The van der Waals surface area contributed by atoms with Gasteiger partial charge in [-0.3, -0.25) is 4.98 Å². The lowest BCUT2D eigenvalue weighted by molar-refractivity contribution is 0.312. The van der Waals surface area contributed by atoms with E-state index >= 15 is 0 Å². The molecule has 0 aliphatic heterocycles. The monoisotopic (exact) mass is 274 g/mol. The number of ether oxygens (including phenoxy) is 1. The fourth-order valence-electron chi connectivity index (χ4n) is 1.53. The average Bonchev–Trinajstić information content (AvgIpc) is 2.47. The highest BCUT2D eigenvalue weighted by molar-refractivity contribution is 5.36. The van der Waals surface area contributed by atoms with Crippen molar-refractivity contribution in [3.05, 3.63) is 29.6 Å². The normalized spacial score (nSPS) is 10.2. The van der Waals surface area contributed by atoms with Crippen LogP contribution in [0, 0.1) is 6.92 Å². The number of anilines is 2. The number of aryl methyl sites for hydroxylation is 1. The number of hydrogen-bond acceptors (Lipinski definition) is 7. The highest BCUT2D eigenvalue weighted by atomic mass is 16.5. The first-order valence-corrected chi connectivity index (χ1v) is 6.43. The summed E-state index contributed by atoms with van der Waals surface area (Å²) in [6.07, 6.45) is 1.83. The second-order valence-electron chi connectivity index (χ2n) is 4.11. The highest BCUT2D eigenvalue weighted by Crippen LogP contribution is 2.11. The van der Waals surface area contributed by atoms with Gasteiger partial charge in [0.05, 0.1) is 6.61 Å². The Morgan fingerprint density at radius 3 is 2.60 bits per heavy atom. The van der Waals surface area contributed by atoms with Crippen molar-refractivity contribution in [1.29, 1.82) is 0 Å². The molecule has 0 amide bonds. The standard InChI is InChI=1S/C13H18N6O/c1-4-20-13-18-11(14-3)17-12(19-13)16-8-10-6-5-9(2)15-7-10/h5-7H,4,8H2,1-3H3,(H2,14,16,17,18,19). The number of pyridine rings is 1. The van der Waals surface area contributed by atoms with Crippen molar-refractivity contribution in [2.45, 2.75) is 20.4 Å². The van der Waals surface area contributed by atoms with E-state index in [9.17, 15) is 0 Å². The van der Waals surface area contributed by atoms with Gasteiger partial charge < -0.3 is 15.4 Å². The van der Waals surface area contributed by atoms with Crippen molar-refractivity contribution in [2.75, 3.05) is 24.3 Å². The quantitative estimate of drug-likeness (QED) is 0.828. The van der Waals surface area contributed by atoms with Crippen molar-refractivity contribution < 1.29 is 4.74 Å². The summed E-state index contributed by atoms with van der Waals surface area (Å²) in [4.78, 5) is 16.8. The molecule has 2 heterocycles. The maximum absolute atomic E-state index is 5.30. The summed E-state index contributed by atoms with van der Waals surface area (Å²) in [5.74, 6) is 0.932. The van der Waals surface area contributed by atoms with Crippen LogP contribution in [0.15, 0.2) is 18.3 Å². The van der Waals surface area contributed by atoms with Crippen LogP contribution in [0.5, 0.6) is 6.01 Å². The van der Waals surface area contributed by atoms with E-state index in [2.05, 4.69) is 30.6 Å². The van der Waals surface area contributed by atoms with E-state index in [0.717, 1.165) is 11.3 Å². The smallest absolute Gasteiger partial charge is 0.323 e. The summed E-state index contributed by atoms with van der Waals surface area (Å²) in [5.41, 5.74) is 2.05. The highest BCUT2D eigenvalue weighted by Gasteiger charge is 2.06. The van der Waals surface area contributed by atoms with Crippen LogP contribution in [0.4, 0.5) is 11.9 Å². The summed E-state index contributed by atoms with van der Waals surface area (Å²) in [6.45, 7) is 4.94. The largest absolute Gasteiger partial charge is 0.464 e. The zero-order valence-electron chi connectivity index (χ0n) is 11.8. The minimum atomic E-state index is 0.302. The molecular weight excluding hydrogens is 256 g/mol. The van der Waals surface area contributed by atoms with Crippen LogP contribution in [0.2, 0.25) is 0 Å². The van der Waals surface area contributed by atoms with Crippen LogP contribution in [0.3, 0.4) is 0 Å². The molecule has 0 fully saturated rings. The molecule has 0 aliphatic rings. The Morgan fingerprint density at radius 2 is 1.95 bits per heavy atom. The number of nitrogens with one attached hydrogen (secondary N) is 2. The Hall–Kier alpha value is -2.44.